The van der Waals surface area contributed by atoms with Crippen LogP contribution in [0.3, 0.4) is 0 Å². The molecule has 1 aliphatic heterocycles. The van der Waals surface area contributed by atoms with Gasteiger partial charge in [0.1, 0.15) is 0 Å². The van der Waals surface area contributed by atoms with E-state index >= 15 is 0 Å². The molecule has 28 heavy (non-hydrogen) atoms. The van der Waals surface area contributed by atoms with Crippen molar-refractivity contribution in [2.45, 2.75) is 24.7 Å². The number of aromatic nitrogens is 2. The fourth-order valence-corrected chi connectivity index (χ4v) is 4.00. The summed E-state index contributed by atoms with van der Waals surface area (Å²) in [6.45, 7) is 5.67. The fourth-order valence-electron chi connectivity index (χ4n) is 3.22. The molecule has 0 spiro atoms. The summed E-state index contributed by atoms with van der Waals surface area (Å²) in [7, 11) is 0. The van der Waals surface area contributed by atoms with Gasteiger partial charge < -0.3 is 9.88 Å². The van der Waals surface area contributed by atoms with Crippen molar-refractivity contribution in [1.29, 1.82) is 0 Å². The quantitative estimate of drug-likeness (QED) is 0.448. The lowest BCUT2D eigenvalue weighted by Crippen LogP contribution is -2.46. The molecule has 152 valence electrons. The SMILES string of the molecule is Cc1cc(N2CCN(CCCSc3nccc(=O)[nH]3)CC2)cc(C(F)(F)F)c1. The Morgan fingerprint density at radius 2 is 1.93 bits per heavy atom. The van der Waals surface area contributed by atoms with E-state index in [0.29, 0.717) is 29.5 Å². The van der Waals surface area contributed by atoms with Crippen LogP contribution in [0.25, 0.3) is 0 Å². The molecule has 0 unspecified atom stereocenters. The molecule has 9 heteroatoms. The molecule has 1 aromatic heterocycles. The number of halogens is 3. The normalized spacial score (nSPS) is 15.8. The lowest BCUT2D eigenvalue weighted by molar-refractivity contribution is -0.137. The minimum absolute atomic E-state index is 0.154. The Kier molecular flexibility index (Phi) is 6.66. The molecule has 1 saturated heterocycles. The van der Waals surface area contributed by atoms with Crippen LogP contribution in [0.15, 0.2) is 40.4 Å². The van der Waals surface area contributed by atoms with Gasteiger partial charge in [-0.1, -0.05) is 11.8 Å². The molecule has 2 aromatic rings. The highest BCUT2D eigenvalue weighted by atomic mass is 32.2. The maximum atomic E-state index is 13.0. The van der Waals surface area contributed by atoms with E-state index in [-0.39, 0.29) is 5.56 Å². The zero-order valence-corrected chi connectivity index (χ0v) is 16.4. The van der Waals surface area contributed by atoms with E-state index in [4.69, 9.17) is 0 Å². The number of aryl methyl sites for hydroxylation is 1. The van der Waals surface area contributed by atoms with Crippen molar-refractivity contribution in [3.8, 4) is 0 Å². The Bertz CT molecular complexity index is 848. The van der Waals surface area contributed by atoms with Gasteiger partial charge in [-0.15, -0.1) is 0 Å². The van der Waals surface area contributed by atoms with Gasteiger partial charge in [0.15, 0.2) is 5.16 Å². The van der Waals surface area contributed by atoms with E-state index in [1.54, 1.807) is 6.92 Å². The number of nitrogens with zero attached hydrogens (tertiary/aromatic N) is 3. The lowest BCUT2D eigenvalue weighted by Gasteiger charge is -2.36. The third-order valence-electron chi connectivity index (χ3n) is 4.63. The topological polar surface area (TPSA) is 52.2 Å². The van der Waals surface area contributed by atoms with Gasteiger partial charge in [0.05, 0.1) is 5.56 Å². The van der Waals surface area contributed by atoms with Crippen molar-refractivity contribution in [2.75, 3.05) is 43.4 Å². The van der Waals surface area contributed by atoms with E-state index in [2.05, 4.69) is 14.9 Å². The number of alkyl halides is 3. The summed E-state index contributed by atoms with van der Waals surface area (Å²) in [5.41, 5.74) is 0.520. The first-order valence-electron chi connectivity index (χ1n) is 9.15. The Morgan fingerprint density at radius 1 is 1.18 bits per heavy atom. The van der Waals surface area contributed by atoms with Crippen molar-refractivity contribution in [1.82, 2.24) is 14.9 Å². The van der Waals surface area contributed by atoms with Gasteiger partial charge in [0.2, 0.25) is 0 Å². The average Bonchev–Trinajstić information content (AvgIpc) is 2.65. The smallest absolute Gasteiger partial charge is 0.369 e. The van der Waals surface area contributed by atoms with E-state index in [0.717, 1.165) is 31.8 Å². The Hall–Kier alpha value is -2.00. The maximum absolute atomic E-state index is 13.0. The second kappa shape index (κ2) is 9.00. The lowest BCUT2D eigenvalue weighted by atomic mass is 10.1. The molecular formula is C19H23F3N4OS. The van der Waals surface area contributed by atoms with Gasteiger partial charge >= 0.3 is 6.18 Å². The Balaban J connectivity index is 1.46. The maximum Gasteiger partial charge on any atom is 0.416 e. The van der Waals surface area contributed by atoms with Gasteiger partial charge in [-0.2, -0.15) is 13.2 Å². The second-order valence-electron chi connectivity index (χ2n) is 6.82. The highest BCUT2D eigenvalue weighted by Gasteiger charge is 2.31. The zero-order chi connectivity index (χ0) is 20.1. The summed E-state index contributed by atoms with van der Waals surface area (Å²) in [6, 6.07) is 5.63. The molecule has 3 rings (SSSR count). The number of aromatic amines is 1. The predicted molar refractivity (Wildman–Crippen MR) is 105 cm³/mol. The first kappa shape index (κ1) is 20.7. The standard InChI is InChI=1S/C19H23F3N4OS/c1-14-11-15(19(20,21)22)13-16(12-14)26-8-6-25(7-9-26)5-2-10-28-18-23-4-3-17(27)24-18/h3-4,11-13H,2,5-10H2,1H3,(H,23,24,27). The minimum atomic E-state index is -4.32. The number of thioether (sulfide) groups is 1. The summed E-state index contributed by atoms with van der Waals surface area (Å²) >= 11 is 1.52. The summed E-state index contributed by atoms with van der Waals surface area (Å²) in [4.78, 5) is 22.4. The van der Waals surface area contributed by atoms with E-state index < -0.39 is 11.7 Å². The number of anilines is 1. The number of H-pyrrole nitrogens is 1. The van der Waals surface area contributed by atoms with Gasteiger partial charge in [0.25, 0.3) is 5.56 Å². The van der Waals surface area contributed by atoms with Crippen molar-refractivity contribution >= 4 is 17.4 Å². The molecule has 1 fully saturated rings. The van der Waals surface area contributed by atoms with Gasteiger partial charge in [0, 0.05) is 49.9 Å². The molecule has 1 N–H and O–H groups in total. The number of hydrogen-bond donors (Lipinski definition) is 1. The van der Waals surface area contributed by atoms with Crippen LogP contribution in [0, 0.1) is 6.92 Å². The molecule has 0 radical (unpaired) electrons. The summed E-state index contributed by atoms with van der Waals surface area (Å²) in [5.74, 6) is 0.847. The number of benzene rings is 1. The number of rotatable bonds is 6. The summed E-state index contributed by atoms with van der Waals surface area (Å²) in [6.07, 6.45) is -1.88. The Labute approximate surface area is 166 Å². The van der Waals surface area contributed by atoms with Crippen molar-refractivity contribution in [3.63, 3.8) is 0 Å². The molecule has 0 amide bonds. The molecule has 0 bridgehead atoms. The van der Waals surface area contributed by atoms with E-state index in [1.165, 1.54) is 36.2 Å². The van der Waals surface area contributed by atoms with Crippen molar-refractivity contribution in [2.24, 2.45) is 0 Å². The zero-order valence-electron chi connectivity index (χ0n) is 15.6. The highest BCUT2D eigenvalue weighted by Crippen LogP contribution is 2.33. The average molecular weight is 412 g/mol. The summed E-state index contributed by atoms with van der Waals surface area (Å²) < 4.78 is 39.1. The first-order chi connectivity index (χ1) is 13.3. The van der Waals surface area contributed by atoms with Crippen LogP contribution in [0.2, 0.25) is 0 Å². The third-order valence-corrected chi connectivity index (χ3v) is 5.61. The van der Waals surface area contributed by atoms with Gasteiger partial charge in [-0.25, -0.2) is 4.98 Å². The molecule has 0 atom stereocenters. The number of piperazine rings is 1. The largest absolute Gasteiger partial charge is 0.416 e. The van der Waals surface area contributed by atoms with Crippen LogP contribution in [0.5, 0.6) is 0 Å². The predicted octanol–water partition coefficient (Wildman–Crippen LogP) is 3.40. The summed E-state index contributed by atoms with van der Waals surface area (Å²) in [5, 5.41) is 0.622. The molecule has 0 aliphatic carbocycles. The molecular weight excluding hydrogens is 389 g/mol. The molecule has 1 aromatic carbocycles. The fraction of sp³-hybridized carbons (Fsp3) is 0.474. The van der Waals surface area contributed by atoms with E-state index in [9.17, 15) is 18.0 Å². The monoisotopic (exact) mass is 412 g/mol. The molecule has 2 heterocycles. The third kappa shape index (κ3) is 5.75. The van der Waals surface area contributed by atoms with E-state index in [1.807, 2.05) is 11.0 Å². The second-order valence-corrected chi connectivity index (χ2v) is 7.91. The van der Waals surface area contributed by atoms with Crippen LogP contribution in [-0.4, -0.2) is 53.3 Å². The van der Waals surface area contributed by atoms with Gasteiger partial charge in [-0.3, -0.25) is 9.69 Å². The van der Waals surface area contributed by atoms with Crippen LogP contribution < -0.4 is 10.5 Å². The highest BCUT2D eigenvalue weighted by molar-refractivity contribution is 7.99. The number of hydrogen-bond acceptors (Lipinski definition) is 5. The molecule has 5 nitrogen and oxygen atoms in total. The van der Waals surface area contributed by atoms with Crippen LogP contribution in [0.4, 0.5) is 18.9 Å². The minimum Gasteiger partial charge on any atom is -0.369 e. The van der Waals surface area contributed by atoms with Crippen LogP contribution in [-0.2, 0) is 6.18 Å². The molecule has 1 aliphatic rings. The van der Waals surface area contributed by atoms with Crippen LogP contribution in [0.1, 0.15) is 17.5 Å². The van der Waals surface area contributed by atoms with Gasteiger partial charge in [-0.05, 0) is 43.7 Å². The van der Waals surface area contributed by atoms with Crippen molar-refractivity contribution < 1.29 is 13.2 Å². The van der Waals surface area contributed by atoms with Crippen molar-refractivity contribution in [3.05, 3.63) is 51.9 Å². The first-order valence-corrected chi connectivity index (χ1v) is 10.1. The number of nitrogens with one attached hydrogen (secondary N) is 1. The molecule has 0 saturated carbocycles. The Morgan fingerprint density at radius 3 is 2.61 bits per heavy atom. The van der Waals surface area contributed by atoms with Crippen LogP contribution >= 0.6 is 11.8 Å².